The van der Waals surface area contributed by atoms with Crippen LogP contribution >= 0.6 is 12.4 Å². The van der Waals surface area contributed by atoms with Crippen molar-refractivity contribution in [3.05, 3.63) is 59.9 Å². The molecule has 0 saturated carbocycles. The van der Waals surface area contributed by atoms with E-state index < -0.39 is 0 Å². The summed E-state index contributed by atoms with van der Waals surface area (Å²) in [6.07, 6.45) is 2.86. The summed E-state index contributed by atoms with van der Waals surface area (Å²) in [5, 5.41) is 3.45. The number of H-pyrrole nitrogens is 1. The summed E-state index contributed by atoms with van der Waals surface area (Å²) < 4.78 is 0. The van der Waals surface area contributed by atoms with Gasteiger partial charge >= 0.3 is 0 Å². The number of halogens is 1. The lowest BCUT2D eigenvalue weighted by Gasteiger charge is -2.27. The molecule has 4 rings (SSSR count). The van der Waals surface area contributed by atoms with Crippen molar-refractivity contribution in [3.8, 4) is 0 Å². The van der Waals surface area contributed by atoms with Gasteiger partial charge in [0.05, 0.1) is 17.4 Å². The molecule has 2 amide bonds. The molecule has 33 heavy (non-hydrogen) atoms. The topological polar surface area (TPSA) is 81.3 Å². The average molecular weight is 470 g/mol. The average Bonchev–Trinajstić information content (AvgIpc) is 3.23. The van der Waals surface area contributed by atoms with Crippen molar-refractivity contribution >= 4 is 40.9 Å². The number of carbonyl (C=O) groups excluding carboxylic acids is 2. The molecular formula is C25H32ClN5O2. The predicted octanol–water partition coefficient (Wildman–Crippen LogP) is 4.00. The van der Waals surface area contributed by atoms with Gasteiger partial charge in [0.25, 0.3) is 5.91 Å². The smallest absolute Gasteiger partial charge is 0.253 e. The summed E-state index contributed by atoms with van der Waals surface area (Å²) in [5.74, 6) is 0.427. The predicted molar refractivity (Wildman–Crippen MR) is 134 cm³/mol. The fourth-order valence-electron chi connectivity index (χ4n) is 4.19. The first kappa shape index (κ1) is 24.7. The van der Waals surface area contributed by atoms with Crippen LogP contribution in [0.1, 0.15) is 42.6 Å². The fourth-order valence-corrected chi connectivity index (χ4v) is 4.19. The van der Waals surface area contributed by atoms with Gasteiger partial charge in [-0.15, -0.1) is 12.4 Å². The van der Waals surface area contributed by atoms with Crippen LogP contribution in [0.3, 0.4) is 0 Å². The number of carbonyl (C=O) groups is 2. The second kappa shape index (κ2) is 11.3. The Bertz CT molecular complexity index is 1100. The molecule has 0 atom stereocenters. The maximum absolute atomic E-state index is 13.3. The number of hydrogen-bond acceptors (Lipinski definition) is 4. The largest absolute Gasteiger partial charge is 0.345 e. The van der Waals surface area contributed by atoms with E-state index in [0.29, 0.717) is 50.6 Å². The molecule has 1 aliphatic rings. The normalized spacial score (nSPS) is 15.0. The van der Waals surface area contributed by atoms with Gasteiger partial charge in [-0.05, 0) is 42.2 Å². The number of para-hydroxylation sites is 1. The zero-order valence-electron chi connectivity index (χ0n) is 19.2. The molecule has 0 aliphatic carbocycles. The molecule has 0 spiro atoms. The number of benzene rings is 2. The fraction of sp³-hybridized carbons (Fsp3) is 0.400. The number of aromatic nitrogens is 2. The Balaban J connectivity index is 0.00000306. The first-order valence-electron chi connectivity index (χ1n) is 11.3. The van der Waals surface area contributed by atoms with Crippen LogP contribution in [0.2, 0.25) is 0 Å². The van der Waals surface area contributed by atoms with Crippen LogP contribution in [0.25, 0.3) is 11.0 Å². The summed E-state index contributed by atoms with van der Waals surface area (Å²) in [5.41, 5.74) is 4.42. The van der Waals surface area contributed by atoms with E-state index in [9.17, 15) is 9.59 Å². The Hall–Kier alpha value is -2.90. The second-order valence-electron chi connectivity index (χ2n) is 8.73. The lowest BCUT2D eigenvalue weighted by atomic mass is 10.1. The summed E-state index contributed by atoms with van der Waals surface area (Å²) >= 11 is 0. The van der Waals surface area contributed by atoms with E-state index in [0.717, 1.165) is 28.7 Å². The minimum absolute atomic E-state index is 0. The van der Waals surface area contributed by atoms with Crippen LogP contribution < -0.4 is 10.2 Å². The van der Waals surface area contributed by atoms with Gasteiger partial charge in [0.1, 0.15) is 0 Å². The first-order chi connectivity index (χ1) is 15.5. The van der Waals surface area contributed by atoms with Crippen molar-refractivity contribution < 1.29 is 9.59 Å². The van der Waals surface area contributed by atoms with Crippen LogP contribution in [0.4, 0.5) is 5.69 Å². The molecule has 0 fully saturated rings. The van der Waals surface area contributed by atoms with Gasteiger partial charge in [0.15, 0.2) is 0 Å². The SMILES string of the molecule is CC(C)CC(=O)N1CCCN(C(=O)c2ccc3nc[nH]c3c2)CCNCc2ccccc21.Cl. The molecule has 1 aliphatic heterocycles. The van der Waals surface area contributed by atoms with E-state index >= 15 is 0 Å². The number of aromatic amines is 1. The Morgan fingerprint density at radius 2 is 1.91 bits per heavy atom. The molecule has 7 nitrogen and oxygen atoms in total. The number of fused-ring (bicyclic) bond motifs is 2. The zero-order chi connectivity index (χ0) is 22.5. The molecule has 8 heteroatoms. The van der Waals surface area contributed by atoms with Gasteiger partial charge in [-0.1, -0.05) is 32.0 Å². The molecule has 2 aromatic carbocycles. The maximum atomic E-state index is 13.3. The van der Waals surface area contributed by atoms with Gasteiger partial charge in [-0.25, -0.2) is 4.98 Å². The highest BCUT2D eigenvalue weighted by molar-refractivity contribution is 5.97. The first-order valence-corrected chi connectivity index (χ1v) is 11.3. The van der Waals surface area contributed by atoms with Gasteiger partial charge in [-0.3, -0.25) is 9.59 Å². The molecule has 0 bridgehead atoms. The molecule has 0 radical (unpaired) electrons. The summed E-state index contributed by atoms with van der Waals surface area (Å²) in [4.78, 5) is 37.4. The van der Waals surface area contributed by atoms with Crippen molar-refractivity contribution in [2.24, 2.45) is 5.92 Å². The van der Waals surface area contributed by atoms with Gasteiger partial charge in [-0.2, -0.15) is 0 Å². The molecular weight excluding hydrogens is 438 g/mol. The van der Waals surface area contributed by atoms with Crippen molar-refractivity contribution in [3.63, 3.8) is 0 Å². The number of anilines is 1. The van der Waals surface area contributed by atoms with E-state index in [1.807, 2.05) is 46.2 Å². The Morgan fingerprint density at radius 1 is 1.09 bits per heavy atom. The van der Waals surface area contributed by atoms with E-state index in [2.05, 4.69) is 35.2 Å². The van der Waals surface area contributed by atoms with Crippen LogP contribution in [0.5, 0.6) is 0 Å². The van der Waals surface area contributed by atoms with Crippen molar-refractivity contribution in [2.75, 3.05) is 31.1 Å². The Labute approximate surface area is 201 Å². The van der Waals surface area contributed by atoms with Crippen molar-refractivity contribution in [1.29, 1.82) is 0 Å². The highest BCUT2D eigenvalue weighted by atomic mass is 35.5. The quantitative estimate of drug-likeness (QED) is 0.607. The lowest BCUT2D eigenvalue weighted by Crippen LogP contribution is -2.39. The Kier molecular flexibility index (Phi) is 8.47. The highest BCUT2D eigenvalue weighted by Crippen LogP contribution is 2.23. The van der Waals surface area contributed by atoms with E-state index in [1.54, 1.807) is 6.33 Å². The lowest BCUT2D eigenvalue weighted by molar-refractivity contribution is -0.119. The number of hydrogen-bond donors (Lipinski definition) is 2. The van der Waals surface area contributed by atoms with Crippen LogP contribution in [0.15, 0.2) is 48.8 Å². The monoisotopic (exact) mass is 469 g/mol. The number of imidazole rings is 1. The highest BCUT2D eigenvalue weighted by Gasteiger charge is 2.22. The molecule has 0 unspecified atom stereocenters. The van der Waals surface area contributed by atoms with E-state index in [4.69, 9.17) is 0 Å². The number of amides is 2. The summed E-state index contributed by atoms with van der Waals surface area (Å²) in [7, 11) is 0. The van der Waals surface area contributed by atoms with Crippen LogP contribution in [-0.4, -0.2) is 52.9 Å². The van der Waals surface area contributed by atoms with Gasteiger partial charge in [0.2, 0.25) is 5.91 Å². The van der Waals surface area contributed by atoms with E-state index in [1.165, 1.54) is 0 Å². The third kappa shape index (κ3) is 5.92. The van der Waals surface area contributed by atoms with Gasteiger partial charge in [0, 0.05) is 50.4 Å². The number of nitrogens with one attached hydrogen (secondary N) is 2. The molecule has 176 valence electrons. The summed E-state index contributed by atoms with van der Waals surface area (Å²) in [6.45, 7) is 7.27. The van der Waals surface area contributed by atoms with Crippen LogP contribution in [0, 0.1) is 5.92 Å². The minimum atomic E-state index is 0. The summed E-state index contributed by atoms with van der Waals surface area (Å²) in [6, 6.07) is 13.6. The van der Waals surface area contributed by atoms with E-state index in [-0.39, 0.29) is 24.2 Å². The third-order valence-corrected chi connectivity index (χ3v) is 5.80. The zero-order valence-corrected chi connectivity index (χ0v) is 20.0. The molecule has 2 heterocycles. The standard InChI is InChI=1S/C25H31N5O2.ClH/c1-18(2)14-24(31)30-12-5-11-29(13-10-26-16-20-6-3-4-7-23(20)30)25(32)19-8-9-21-22(15-19)28-17-27-21;/h3-4,6-9,15,17-18,26H,5,10-14,16H2,1-2H3,(H,27,28);1H. The molecule has 3 aromatic rings. The third-order valence-electron chi connectivity index (χ3n) is 5.80. The second-order valence-corrected chi connectivity index (χ2v) is 8.73. The Morgan fingerprint density at radius 3 is 2.73 bits per heavy atom. The minimum Gasteiger partial charge on any atom is -0.345 e. The number of rotatable bonds is 3. The van der Waals surface area contributed by atoms with Crippen molar-refractivity contribution in [2.45, 2.75) is 33.2 Å². The maximum Gasteiger partial charge on any atom is 0.253 e. The van der Waals surface area contributed by atoms with Gasteiger partial charge < -0.3 is 20.1 Å². The van der Waals surface area contributed by atoms with Crippen molar-refractivity contribution in [1.82, 2.24) is 20.2 Å². The van der Waals surface area contributed by atoms with Crippen LogP contribution in [-0.2, 0) is 11.3 Å². The molecule has 2 N–H and O–H groups in total. The molecule has 1 aromatic heterocycles. The molecule has 0 saturated heterocycles. The number of nitrogens with zero attached hydrogens (tertiary/aromatic N) is 3.